The molecule has 0 fully saturated rings. The summed E-state index contributed by atoms with van der Waals surface area (Å²) in [4.78, 5) is 4.56. The van der Waals surface area contributed by atoms with Crippen LogP contribution in [0.5, 0.6) is 0 Å². The largest absolute Gasteiger partial charge is 0.322 e. The molecule has 17 heavy (non-hydrogen) atoms. The maximum absolute atomic E-state index is 6.06. The molecule has 2 nitrogen and oxygen atoms in total. The third kappa shape index (κ3) is 3.29. The first-order valence-corrected chi connectivity index (χ1v) is 5.42. The Morgan fingerprint density at radius 3 is 2.71 bits per heavy atom. The SMILES string of the molecule is C=C(C)C[C@H](N)c1ccc2ccccc2n1.Cl. The van der Waals surface area contributed by atoms with Crippen molar-refractivity contribution in [3.63, 3.8) is 0 Å². The van der Waals surface area contributed by atoms with Gasteiger partial charge in [0.15, 0.2) is 0 Å². The van der Waals surface area contributed by atoms with Crippen LogP contribution in [0.1, 0.15) is 25.1 Å². The molecule has 0 amide bonds. The molecule has 0 radical (unpaired) electrons. The number of benzene rings is 1. The Hall–Kier alpha value is -1.38. The van der Waals surface area contributed by atoms with Gasteiger partial charge in [0.2, 0.25) is 0 Å². The van der Waals surface area contributed by atoms with E-state index in [-0.39, 0.29) is 18.4 Å². The number of nitrogens with zero attached hydrogens (tertiary/aromatic N) is 1. The normalized spacial score (nSPS) is 11.9. The standard InChI is InChI=1S/C14H16N2.ClH/c1-10(2)9-12(15)14-8-7-11-5-3-4-6-13(11)16-14;/h3-8,12H,1,9,15H2,2H3;1H/t12-;/m0./s1. The van der Waals surface area contributed by atoms with E-state index in [1.54, 1.807) is 0 Å². The van der Waals surface area contributed by atoms with Gasteiger partial charge in [0.25, 0.3) is 0 Å². The number of para-hydroxylation sites is 1. The van der Waals surface area contributed by atoms with E-state index >= 15 is 0 Å². The van der Waals surface area contributed by atoms with Gasteiger partial charge in [0.05, 0.1) is 17.3 Å². The van der Waals surface area contributed by atoms with Crippen molar-refractivity contribution >= 4 is 23.3 Å². The van der Waals surface area contributed by atoms with E-state index in [0.717, 1.165) is 28.6 Å². The van der Waals surface area contributed by atoms with E-state index in [1.165, 1.54) is 0 Å². The highest BCUT2D eigenvalue weighted by Crippen LogP contribution is 2.19. The molecule has 0 saturated carbocycles. The minimum absolute atomic E-state index is 0. The molecule has 2 rings (SSSR count). The first kappa shape index (κ1) is 13.7. The lowest BCUT2D eigenvalue weighted by Gasteiger charge is -2.11. The molecular weight excluding hydrogens is 232 g/mol. The second-order valence-electron chi connectivity index (χ2n) is 4.20. The minimum atomic E-state index is -0.0536. The fourth-order valence-electron chi connectivity index (χ4n) is 1.77. The fourth-order valence-corrected chi connectivity index (χ4v) is 1.77. The average molecular weight is 249 g/mol. The molecule has 0 aliphatic carbocycles. The molecule has 2 N–H and O–H groups in total. The Balaban J connectivity index is 0.00000144. The van der Waals surface area contributed by atoms with Gasteiger partial charge in [-0.3, -0.25) is 4.98 Å². The molecule has 1 atom stereocenters. The van der Waals surface area contributed by atoms with Crippen LogP contribution in [0.3, 0.4) is 0 Å². The second-order valence-corrected chi connectivity index (χ2v) is 4.20. The number of rotatable bonds is 3. The highest BCUT2D eigenvalue weighted by atomic mass is 35.5. The van der Waals surface area contributed by atoms with Crippen LogP contribution in [-0.2, 0) is 0 Å². The maximum atomic E-state index is 6.06. The predicted octanol–water partition coefficient (Wildman–Crippen LogP) is 3.62. The number of hydrogen-bond acceptors (Lipinski definition) is 2. The molecule has 0 bridgehead atoms. The van der Waals surface area contributed by atoms with Crippen LogP contribution in [0.4, 0.5) is 0 Å². The predicted molar refractivity (Wildman–Crippen MR) is 75.4 cm³/mol. The fraction of sp³-hybridized carbons (Fsp3) is 0.214. The van der Waals surface area contributed by atoms with Gasteiger partial charge < -0.3 is 5.73 Å². The Morgan fingerprint density at radius 2 is 2.00 bits per heavy atom. The Bertz CT molecular complexity index is 522. The molecule has 3 heteroatoms. The van der Waals surface area contributed by atoms with E-state index < -0.39 is 0 Å². The third-order valence-corrected chi connectivity index (χ3v) is 2.57. The highest BCUT2D eigenvalue weighted by Gasteiger charge is 2.07. The van der Waals surface area contributed by atoms with Crippen molar-refractivity contribution in [2.45, 2.75) is 19.4 Å². The van der Waals surface area contributed by atoms with Crippen molar-refractivity contribution in [1.82, 2.24) is 4.98 Å². The van der Waals surface area contributed by atoms with E-state index in [0.29, 0.717) is 0 Å². The van der Waals surface area contributed by atoms with Crippen LogP contribution in [0.15, 0.2) is 48.6 Å². The zero-order valence-electron chi connectivity index (χ0n) is 9.89. The van der Waals surface area contributed by atoms with Gasteiger partial charge in [-0.1, -0.05) is 29.8 Å². The summed E-state index contributed by atoms with van der Waals surface area (Å²) in [5.41, 5.74) is 9.08. The number of fused-ring (bicyclic) bond motifs is 1. The summed E-state index contributed by atoms with van der Waals surface area (Å²) in [5.74, 6) is 0. The van der Waals surface area contributed by atoms with Gasteiger partial charge in [-0.2, -0.15) is 0 Å². The number of halogens is 1. The summed E-state index contributed by atoms with van der Waals surface area (Å²) >= 11 is 0. The van der Waals surface area contributed by atoms with Gasteiger partial charge in [0.1, 0.15) is 0 Å². The Kier molecular flexibility index (Phi) is 4.67. The van der Waals surface area contributed by atoms with Gasteiger partial charge in [0, 0.05) is 5.39 Å². The molecule has 2 aromatic rings. The average Bonchev–Trinajstić information content (AvgIpc) is 2.27. The zero-order valence-corrected chi connectivity index (χ0v) is 10.7. The van der Waals surface area contributed by atoms with Crippen LogP contribution in [0, 0.1) is 0 Å². The van der Waals surface area contributed by atoms with Crippen LogP contribution in [0.2, 0.25) is 0 Å². The molecule has 1 aromatic heterocycles. The minimum Gasteiger partial charge on any atom is -0.322 e. The monoisotopic (exact) mass is 248 g/mol. The summed E-state index contributed by atoms with van der Waals surface area (Å²) in [6.45, 7) is 5.86. The van der Waals surface area contributed by atoms with Crippen LogP contribution in [-0.4, -0.2) is 4.98 Å². The van der Waals surface area contributed by atoms with E-state index in [9.17, 15) is 0 Å². The lowest BCUT2D eigenvalue weighted by molar-refractivity contribution is 0.696. The maximum Gasteiger partial charge on any atom is 0.0706 e. The molecule has 0 unspecified atom stereocenters. The van der Waals surface area contributed by atoms with Crippen LogP contribution < -0.4 is 5.73 Å². The van der Waals surface area contributed by atoms with E-state index in [4.69, 9.17) is 5.73 Å². The first-order chi connectivity index (χ1) is 7.66. The quantitative estimate of drug-likeness (QED) is 0.843. The summed E-state index contributed by atoms with van der Waals surface area (Å²) in [5, 5.41) is 1.15. The number of aromatic nitrogens is 1. The van der Waals surface area contributed by atoms with E-state index in [1.807, 2.05) is 31.2 Å². The topological polar surface area (TPSA) is 38.9 Å². The van der Waals surface area contributed by atoms with E-state index in [2.05, 4.69) is 23.7 Å². The van der Waals surface area contributed by atoms with Crippen molar-refractivity contribution in [1.29, 1.82) is 0 Å². The lowest BCUT2D eigenvalue weighted by atomic mass is 10.1. The Morgan fingerprint density at radius 1 is 1.29 bits per heavy atom. The first-order valence-electron chi connectivity index (χ1n) is 5.42. The number of pyridine rings is 1. The van der Waals surface area contributed by atoms with Gasteiger partial charge in [-0.05, 0) is 25.5 Å². The molecule has 90 valence electrons. The Labute approximate surface area is 108 Å². The van der Waals surface area contributed by atoms with Gasteiger partial charge in [-0.25, -0.2) is 0 Å². The number of nitrogens with two attached hydrogens (primary N) is 1. The summed E-state index contributed by atoms with van der Waals surface area (Å²) in [7, 11) is 0. The van der Waals surface area contributed by atoms with Crippen molar-refractivity contribution in [3.05, 3.63) is 54.2 Å². The van der Waals surface area contributed by atoms with Crippen LogP contribution in [0.25, 0.3) is 10.9 Å². The molecule has 1 aromatic carbocycles. The lowest BCUT2D eigenvalue weighted by Crippen LogP contribution is -2.12. The zero-order chi connectivity index (χ0) is 11.5. The molecule has 0 aliphatic heterocycles. The molecule has 0 saturated heterocycles. The van der Waals surface area contributed by atoms with Crippen molar-refractivity contribution < 1.29 is 0 Å². The highest BCUT2D eigenvalue weighted by molar-refractivity contribution is 5.85. The summed E-state index contributed by atoms with van der Waals surface area (Å²) in [6, 6.07) is 12.1. The number of hydrogen-bond donors (Lipinski definition) is 1. The molecule has 0 spiro atoms. The molecular formula is C14H17ClN2. The summed E-state index contributed by atoms with van der Waals surface area (Å²) < 4.78 is 0. The van der Waals surface area contributed by atoms with Gasteiger partial charge >= 0.3 is 0 Å². The summed E-state index contributed by atoms with van der Waals surface area (Å²) in [6.07, 6.45) is 0.783. The smallest absolute Gasteiger partial charge is 0.0706 e. The third-order valence-electron chi connectivity index (χ3n) is 2.57. The van der Waals surface area contributed by atoms with Crippen LogP contribution >= 0.6 is 12.4 Å². The van der Waals surface area contributed by atoms with Crippen molar-refractivity contribution in [3.8, 4) is 0 Å². The van der Waals surface area contributed by atoms with Crippen molar-refractivity contribution in [2.24, 2.45) is 5.73 Å². The van der Waals surface area contributed by atoms with Crippen molar-refractivity contribution in [2.75, 3.05) is 0 Å². The molecule has 0 aliphatic rings. The second kappa shape index (κ2) is 5.80. The van der Waals surface area contributed by atoms with Gasteiger partial charge in [-0.15, -0.1) is 19.0 Å². The molecule has 1 heterocycles.